The zero-order valence-corrected chi connectivity index (χ0v) is 11.9. The Kier molecular flexibility index (Phi) is 4.18. The number of β-amino-alcohol motifs (C(OH)–C–C–N with tert-alkyl or cyclic N) is 1. The number of hydrogen-bond acceptors (Lipinski definition) is 4. The van der Waals surface area contributed by atoms with Crippen molar-refractivity contribution in [1.82, 2.24) is 10.2 Å². The summed E-state index contributed by atoms with van der Waals surface area (Å²) >= 11 is 0. The molecule has 0 aromatic rings. The lowest BCUT2D eigenvalue weighted by Gasteiger charge is -2.25. The summed E-state index contributed by atoms with van der Waals surface area (Å²) in [6.45, 7) is 9.93. The van der Waals surface area contributed by atoms with Crippen LogP contribution in [0.25, 0.3) is 0 Å². The molecule has 18 heavy (non-hydrogen) atoms. The average molecular weight is 256 g/mol. The molecule has 0 bridgehead atoms. The van der Waals surface area contributed by atoms with Crippen LogP contribution in [0.15, 0.2) is 0 Å². The Bertz CT molecular complexity index is 345. The number of nitrogens with one attached hydrogen (secondary N) is 1. The van der Waals surface area contributed by atoms with Gasteiger partial charge < -0.3 is 10.4 Å². The highest BCUT2D eigenvalue weighted by Crippen LogP contribution is 2.31. The molecule has 0 aromatic heterocycles. The lowest BCUT2D eigenvalue weighted by atomic mass is 9.92. The highest BCUT2D eigenvalue weighted by Gasteiger charge is 2.45. The van der Waals surface area contributed by atoms with Crippen LogP contribution in [0.2, 0.25) is 0 Å². The van der Waals surface area contributed by atoms with Gasteiger partial charge in [0.1, 0.15) is 0 Å². The molecular weight excluding hydrogens is 232 g/mol. The molecule has 1 heterocycles. The summed E-state index contributed by atoms with van der Waals surface area (Å²) in [4.78, 5) is 24.8. The third kappa shape index (κ3) is 3.78. The molecule has 2 amide bonds. The molecule has 104 valence electrons. The van der Waals surface area contributed by atoms with Crippen molar-refractivity contribution in [1.29, 1.82) is 0 Å². The van der Waals surface area contributed by atoms with Crippen LogP contribution in [-0.4, -0.2) is 46.6 Å². The van der Waals surface area contributed by atoms with E-state index in [1.54, 1.807) is 13.8 Å². The summed E-state index contributed by atoms with van der Waals surface area (Å²) in [5.74, 6) is -0.387. The number of imide groups is 1. The van der Waals surface area contributed by atoms with Gasteiger partial charge in [0.25, 0.3) is 0 Å². The largest absolute Gasteiger partial charge is 0.390 e. The SMILES string of the molecule is CC(C)(C)NCC(O)CN1C(=O)CC(C)(C)C1=O. The molecule has 0 saturated carbocycles. The van der Waals surface area contributed by atoms with Crippen molar-refractivity contribution >= 4 is 11.8 Å². The van der Waals surface area contributed by atoms with Crippen LogP contribution in [0.3, 0.4) is 0 Å². The minimum absolute atomic E-state index is 0.0736. The van der Waals surface area contributed by atoms with Gasteiger partial charge in [-0.1, -0.05) is 13.8 Å². The van der Waals surface area contributed by atoms with Crippen molar-refractivity contribution in [3.05, 3.63) is 0 Å². The molecule has 1 aliphatic rings. The van der Waals surface area contributed by atoms with Crippen LogP contribution in [0.4, 0.5) is 0 Å². The minimum atomic E-state index is -0.731. The maximum Gasteiger partial charge on any atom is 0.235 e. The number of carbonyl (C=O) groups is 2. The number of carbonyl (C=O) groups excluding carboxylic acids is 2. The Labute approximate surface area is 109 Å². The summed E-state index contributed by atoms with van der Waals surface area (Å²) in [6, 6.07) is 0. The predicted molar refractivity (Wildman–Crippen MR) is 68.9 cm³/mol. The lowest BCUT2D eigenvalue weighted by Crippen LogP contribution is -2.46. The van der Waals surface area contributed by atoms with E-state index in [-0.39, 0.29) is 30.3 Å². The quantitative estimate of drug-likeness (QED) is 0.720. The number of likely N-dealkylation sites (tertiary alicyclic amines) is 1. The number of amides is 2. The molecule has 1 aliphatic heterocycles. The fourth-order valence-electron chi connectivity index (χ4n) is 1.91. The molecule has 1 fully saturated rings. The van der Waals surface area contributed by atoms with E-state index in [4.69, 9.17) is 0 Å². The second kappa shape index (κ2) is 4.97. The van der Waals surface area contributed by atoms with Gasteiger partial charge in [-0.3, -0.25) is 14.5 Å². The van der Waals surface area contributed by atoms with Crippen LogP contribution in [0.1, 0.15) is 41.0 Å². The molecule has 0 radical (unpaired) electrons. The monoisotopic (exact) mass is 256 g/mol. The standard InChI is InChI=1S/C13H24N2O3/c1-12(2,3)14-7-9(16)8-15-10(17)6-13(4,5)11(15)18/h9,14,16H,6-8H2,1-5H3. The summed E-state index contributed by atoms with van der Waals surface area (Å²) in [7, 11) is 0. The number of rotatable bonds is 4. The second-order valence-electron chi connectivity index (χ2n) is 6.65. The highest BCUT2D eigenvalue weighted by molar-refractivity contribution is 6.05. The highest BCUT2D eigenvalue weighted by atomic mass is 16.3. The van der Waals surface area contributed by atoms with E-state index in [0.717, 1.165) is 0 Å². The fourth-order valence-corrected chi connectivity index (χ4v) is 1.91. The van der Waals surface area contributed by atoms with E-state index in [1.165, 1.54) is 4.90 Å². The summed E-state index contributed by atoms with van der Waals surface area (Å²) in [5, 5.41) is 13.0. The maximum absolute atomic E-state index is 11.9. The maximum atomic E-state index is 11.9. The molecule has 0 aromatic carbocycles. The van der Waals surface area contributed by atoms with Gasteiger partial charge in [-0.25, -0.2) is 0 Å². The van der Waals surface area contributed by atoms with Gasteiger partial charge in [0.15, 0.2) is 0 Å². The van der Waals surface area contributed by atoms with E-state index in [0.29, 0.717) is 6.54 Å². The van der Waals surface area contributed by atoms with Gasteiger partial charge in [0.05, 0.1) is 18.1 Å². The summed E-state index contributed by atoms with van der Waals surface area (Å²) in [6.07, 6.45) is -0.503. The Balaban J connectivity index is 2.53. The smallest absolute Gasteiger partial charge is 0.235 e. The molecule has 0 spiro atoms. The van der Waals surface area contributed by atoms with E-state index in [9.17, 15) is 14.7 Å². The number of aliphatic hydroxyl groups is 1. The average Bonchev–Trinajstić information content (AvgIpc) is 2.37. The van der Waals surface area contributed by atoms with E-state index < -0.39 is 11.5 Å². The zero-order valence-electron chi connectivity index (χ0n) is 11.9. The molecule has 5 heteroatoms. The molecule has 0 aliphatic carbocycles. The minimum Gasteiger partial charge on any atom is -0.390 e. The first-order chi connectivity index (χ1) is 8.03. The third-order valence-electron chi connectivity index (χ3n) is 2.98. The number of nitrogens with zero attached hydrogens (tertiary/aromatic N) is 1. The van der Waals surface area contributed by atoms with Crippen molar-refractivity contribution in [2.75, 3.05) is 13.1 Å². The van der Waals surface area contributed by atoms with E-state index in [2.05, 4.69) is 5.32 Å². The topological polar surface area (TPSA) is 69.6 Å². The first-order valence-corrected chi connectivity index (χ1v) is 6.31. The predicted octanol–water partition coefficient (Wildman–Crippen LogP) is 0.520. The molecule has 2 N–H and O–H groups in total. The van der Waals surface area contributed by atoms with Gasteiger partial charge in [0.2, 0.25) is 11.8 Å². The molecule has 1 saturated heterocycles. The fraction of sp³-hybridized carbons (Fsp3) is 0.846. The summed E-state index contributed by atoms with van der Waals surface area (Å²) < 4.78 is 0. The van der Waals surface area contributed by atoms with Gasteiger partial charge in [0, 0.05) is 18.5 Å². The zero-order chi connectivity index (χ0) is 14.1. The molecule has 1 unspecified atom stereocenters. The number of aliphatic hydroxyl groups excluding tert-OH is 1. The van der Waals surface area contributed by atoms with Crippen LogP contribution in [0, 0.1) is 5.41 Å². The summed E-state index contributed by atoms with van der Waals surface area (Å²) in [5.41, 5.74) is -0.729. The normalized spacial score (nSPS) is 21.6. The van der Waals surface area contributed by atoms with Crippen LogP contribution in [0.5, 0.6) is 0 Å². The van der Waals surface area contributed by atoms with Crippen molar-refractivity contribution in [2.24, 2.45) is 5.41 Å². The van der Waals surface area contributed by atoms with Gasteiger partial charge >= 0.3 is 0 Å². The first-order valence-electron chi connectivity index (χ1n) is 6.31. The lowest BCUT2D eigenvalue weighted by molar-refractivity contribution is -0.142. The Hall–Kier alpha value is -0.940. The van der Waals surface area contributed by atoms with Crippen molar-refractivity contribution in [3.8, 4) is 0 Å². The van der Waals surface area contributed by atoms with Crippen molar-refractivity contribution < 1.29 is 14.7 Å². The van der Waals surface area contributed by atoms with Crippen LogP contribution >= 0.6 is 0 Å². The van der Waals surface area contributed by atoms with Crippen molar-refractivity contribution in [3.63, 3.8) is 0 Å². The Morgan fingerprint density at radius 3 is 2.33 bits per heavy atom. The third-order valence-corrected chi connectivity index (χ3v) is 2.98. The van der Waals surface area contributed by atoms with Crippen molar-refractivity contribution in [2.45, 2.75) is 52.7 Å². The van der Waals surface area contributed by atoms with Crippen LogP contribution < -0.4 is 5.32 Å². The Morgan fingerprint density at radius 2 is 1.94 bits per heavy atom. The van der Waals surface area contributed by atoms with E-state index in [1.807, 2.05) is 20.8 Å². The van der Waals surface area contributed by atoms with Gasteiger partial charge in [-0.2, -0.15) is 0 Å². The molecule has 1 atom stereocenters. The second-order valence-corrected chi connectivity index (χ2v) is 6.65. The first kappa shape index (κ1) is 15.1. The Morgan fingerprint density at radius 1 is 1.39 bits per heavy atom. The van der Waals surface area contributed by atoms with E-state index >= 15 is 0 Å². The molecular formula is C13H24N2O3. The van der Waals surface area contributed by atoms with Gasteiger partial charge in [-0.15, -0.1) is 0 Å². The van der Waals surface area contributed by atoms with Gasteiger partial charge in [-0.05, 0) is 20.8 Å². The van der Waals surface area contributed by atoms with Crippen LogP contribution in [-0.2, 0) is 9.59 Å². The molecule has 1 rings (SSSR count). The molecule has 5 nitrogen and oxygen atoms in total. The number of hydrogen-bond donors (Lipinski definition) is 2.